The van der Waals surface area contributed by atoms with Gasteiger partial charge in [0.05, 0.1) is 12.0 Å². The molecule has 3 aromatic heterocycles. The van der Waals surface area contributed by atoms with Gasteiger partial charge in [0, 0.05) is 33.5 Å². The van der Waals surface area contributed by atoms with E-state index in [9.17, 15) is 14.7 Å². The molecule has 0 spiro atoms. The number of rotatable bonds is 8. The van der Waals surface area contributed by atoms with E-state index in [1.807, 2.05) is 36.4 Å². The van der Waals surface area contributed by atoms with Crippen molar-refractivity contribution in [3.05, 3.63) is 58.0 Å². The summed E-state index contributed by atoms with van der Waals surface area (Å²) in [5.74, 6) is -1.34. The Balaban J connectivity index is 1.52. The molecule has 3 rings (SSSR count). The highest BCUT2D eigenvalue weighted by Crippen LogP contribution is 2.21. The minimum absolute atomic E-state index is 0.157. The first-order valence-electron chi connectivity index (χ1n) is 10.2. The fourth-order valence-corrected chi connectivity index (χ4v) is 4.19. The first kappa shape index (κ1) is 22.7. The number of aliphatic carboxylic acids is 1. The average molecular weight is 441 g/mol. The zero-order chi connectivity index (χ0) is 22.4. The topological polar surface area (TPSA) is 104 Å². The lowest BCUT2D eigenvalue weighted by molar-refractivity contribution is -0.308. The molecule has 0 aliphatic rings. The van der Waals surface area contributed by atoms with Gasteiger partial charge in [0.1, 0.15) is 5.60 Å². The van der Waals surface area contributed by atoms with Crippen LogP contribution in [-0.2, 0) is 28.8 Å². The monoisotopic (exact) mass is 440 g/mol. The van der Waals surface area contributed by atoms with Gasteiger partial charge >= 0.3 is 6.09 Å². The van der Waals surface area contributed by atoms with Gasteiger partial charge in [-0.1, -0.05) is 0 Å². The maximum absolute atomic E-state index is 11.9. The summed E-state index contributed by atoms with van der Waals surface area (Å²) in [5.41, 5.74) is 1.05. The molecule has 0 radical (unpaired) electrons. The highest BCUT2D eigenvalue weighted by atomic mass is 32.1. The molecular formula is C23H26N3O4S-. The smallest absolute Gasteiger partial charge is 0.408 e. The summed E-state index contributed by atoms with van der Waals surface area (Å²) in [4.78, 5) is 34.2. The lowest BCUT2D eigenvalue weighted by atomic mass is 10.1. The fourth-order valence-electron chi connectivity index (χ4n) is 3.09. The predicted molar refractivity (Wildman–Crippen MR) is 118 cm³/mol. The zero-order valence-electron chi connectivity index (χ0n) is 17.9. The van der Waals surface area contributed by atoms with Gasteiger partial charge in [-0.05, 0) is 76.4 Å². The van der Waals surface area contributed by atoms with Crippen LogP contribution in [0.5, 0.6) is 0 Å². The van der Waals surface area contributed by atoms with Crippen molar-refractivity contribution in [2.24, 2.45) is 0 Å². The number of carboxylic acid groups (broad SMARTS) is 1. The Kier molecular flexibility index (Phi) is 7.22. The number of aromatic nitrogens is 2. The van der Waals surface area contributed by atoms with Gasteiger partial charge in [-0.15, -0.1) is 11.3 Å². The van der Waals surface area contributed by atoms with Crippen LogP contribution < -0.4 is 10.4 Å². The highest BCUT2D eigenvalue weighted by molar-refractivity contribution is 7.12. The molecule has 31 heavy (non-hydrogen) atoms. The molecule has 0 fully saturated rings. The first-order chi connectivity index (χ1) is 14.7. The van der Waals surface area contributed by atoms with E-state index in [2.05, 4.69) is 15.3 Å². The summed E-state index contributed by atoms with van der Waals surface area (Å²) in [6, 6.07) is 10.7. The van der Waals surface area contributed by atoms with Gasteiger partial charge in [-0.2, -0.15) is 0 Å². The summed E-state index contributed by atoms with van der Waals surface area (Å²) >= 11 is 1.54. The summed E-state index contributed by atoms with van der Waals surface area (Å²) in [7, 11) is 0. The van der Waals surface area contributed by atoms with Gasteiger partial charge in [-0.25, -0.2) is 14.8 Å². The summed E-state index contributed by atoms with van der Waals surface area (Å²) in [6.07, 6.45) is 3.75. The maximum Gasteiger partial charge on any atom is 0.408 e. The third-order valence-corrected chi connectivity index (χ3v) is 5.64. The SMILES string of the molecule is CC(C)(C)OC(=O)N[C@@H](Cc1ccc(CCCc2ccc3cccnc3n2)s1)C(=O)[O-]. The number of amides is 1. The molecule has 164 valence electrons. The Morgan fingerprint density at radius 3 is 2.65 bits per heavy atom. The second-order valence-corrected chi connectivity index (χ2v) is 9.55. The van der Waals surface area contributed by atoms with Crippen molar-refractivity contribution in [3.8, 4) is 0 Å². The van der Waals surface area contributed by atoms with Gasteiger partial charge in [0.15, 0.2) is 5.65 Å². The number of hydrogen-bond acceptors (Lipinski definition) is 7. The number of carbonyl (C=O) groups excluding carboxylic acids is 2. The number of hydrogen-bond donors (Lipinski definition) is 1. The van der Waals surface area contributed by atoms with Crippen LogP contribution in [0.15, 0.2) is 42.6 Å². The third-order valence-electron chi connectivity index (χ3n) is 4.48. The van der Waals surface area contributed by atoms with Gasteiger partial charge in [0.25, 0.3) is 0 Å². The standard InChI is InChI=1S/C23H27N3O4S/c1-23(2,3)30-22(29)26-19(21(27)28)14-18-12-11-17(31-18)8-4-7-16-10-9-15-6-5-13-24-20(15)25-16/h5-6,9-13,19H,4,7-8,14H2,1-3H3,(H,26,29)(H,27,28)/p-1/t19-/m0/s1. The van der Waals surface area contributed by atoms with Crippen molar-refractivity contribution in [2.45, 2.75) is 58.1 Å². The molecule has 0 unspecified atom stereocenters. The quantitative estimate of drug-likeness (QED) is 0.577. The van der Waals surface area contributed by atoms with Crippen molar-refractivity contribution in [2.75, 3.05) is 0 Å². The number of nitrogens with zero attached hydrogens (tertiary/aromatic N) is 2. The second-order valence-electron chi connectivity index (χ2n) is 8.30. The molecule has 0 aliphatic heterocycles. The van der Waals surface area contributed by atoms with Crippen LogP contribution in [0.2, 0.25) is 0 Å². The maximum atomic E-state index is 11.9. The van der Waals surface area contributed by atoms with E-state index in [4.69, 9.17) is 4.74 Å². The van der Waals surface area contributed by atoms with E-state index in [-0.39, 0.29) is 6.42 Å². The molecular weight excluding hydrogens is 414 g/mol. The molecule has 0 bridgehead atoms. The molecule has 0 aromatic carbocycles. The zero-order valence-corrected chi connectivity index (χ0v) is 18.7. The van der Waals surface area contributed by atoms with Gasteiger partial charge in [-0.3, -0.25) is 0 Å². The van der Waals surface area contributed by atoms with Crippen LogP contribution in [0.4, 0.5) is 4.79 Å². The van der Waals surface area contributed by atoms with Crippen molar-refractivity contribution >= 4 is 34.4 Å². The van der Waals surface area contributed by atoms with Crippen molar-refractivity contribution in [1.29, 1.82) is 0 Å². The molecule has 7 nitrogen and oxygen atoms in total. The first-order valence-corrected chi connectivity index (χ1v) is 11.0. The number of carbonyl (C=O) groups is 2. The lowest BCUT2D eigenvalue weighted by Crippen LogP contribution is -2.50. The second kappa shape index (κ2) is 9.87. The molecule has 0 aliphatic carbocycles. The van der Waals surface area contributed by atoms with Crippen LogP contribution in [-0.4, -0.2) is 33.7 Å². The molecule has 0 saturated heterocycles. The molecule has 1 N–H and O–H groups in total. The van der Waals surface area contributed by atoms with E-state index in [1.54, 1.807) is 38.3 Å². The third kappa shape index (κ3) is 7.03. The van der Waals surface area contributed by atoms with E-state index < -0.39 is 23.7 Å². The van der Waals surface area contributed by atoms with Crippen LogP contribution in [0.25, 0.3) is 11.0 Å². The molecule has 8 heteroatoms. The lowest BCUT2D eigenvalue weighted by Gasteiger charge is -2.24. The minimum atomic E-state index is -1.34. The average Bonchev–Trinajstić information content (AvgIpc) is 3.13. The normalized spacial score (nSPS) is 12.5. The number of nitrogens with one attached hydrogen (secondary N) is 1. The van der Waals surface area contributed by atoms with Crippen LogP contribution in [0, 0.1) is 0 Å². The number of thiophene rings is 1. The Hall–Kier alpha value is -3.00. The summed E-state index contributed by atoms with van der Waals surface area (Å²) in [6.45, 7) is 5.16. The van der Waals surface area contributed by atoms with E-state index >= 15 is 0 Å². The largest absolute Gasteiger partial charge is 0.548 e. The number of pyridine rings is 2. The fraction of sp³-hybridized carbons (Fsp3) is 0.391. The highest BCUT2D eigenvalue weighted by Gasteiger charge is 2.21. The van der Waals surface area contributed by atoms with Gasteiger partial charge < -0.3 is 20.0 Å². The molecule has 3 heterocycles. The molecule has 1 atom stereocenters. The van der Waals surface area contributed by atoms with E-state index in [0.717, 1.165) is 45.7 Å². The minimum Gasteiger partial charge on any atom is -0.548 e. The molecule has 1 amide bonds. The predicted octanol–water partition coefficient (Wildman–Crippen LogP) is 3.05. The Bertz CT molecular complexity index is 1060. The van der Waals surface area contributed by atoms with E-state index in [1.165, 1.54) is 0 Å². The Labute approximate surface area is 185 Å². The number of aryl methyl sites for hydroxylation is 2. The number of fused-ring (bicyclic) bond motifs is 1. The Morgan fingerprint density at radius 2 is 1.90 bits per heavy atom. The summed E-state index contributed by atoms with van der Waals surface area (Å²) in [5, 5.41) is 14.8. The van der Waals surface area contributed by atoms with Gasteiger partial charge in [0.2, 0.25) is 0 Å². The van der Waals surface area contributed by atoms with Crippen molar-refractivity contribution in [3.63, 3.8) is 0 Å². The summed E-state index contributed by atoms with van der Waals surface area (Å²) < 4.78 is 5.14. The molecule has 3 aromatic rings. The number of ether oxygens (including phenoxy) is 1. The van der Waals surface area contributed by atoms with E-state index in [0.29, 0.717) is 0 Å². The molecule has 0 saturated carbocycles. The Morgan fingerprint density at radius 1 is 1.13 bits per heavy atom. The number of alkyl carbamates (subject to hydrolysis) is 1. The van der Waals surface area contributed by atoms with Crippen molar-refractivity contribution < 1.29 is 19.4 Å². The van der Waals surface area contributed by atoms with Crippen LogP contribution in [0.3, 0.4) is 0 Å². The van der Waals surface area contributed by atoms with Crippen LogP contribution in [0.1, 0.15) is 42.6 Å². The number of carboxylic acids is 1. The van der Waals surface area contributed by atoms with Crippen molar-refractivity contribution in [1.82, 2.24) is 15.3 Å². The van der Waals surface area contributed by atoms with Crippen LogP contribution >= 0.6 is 11.3 Å².